The van der Waals surface area contributed by atoms with Crippen molar-refractivity contribution in [2.24, 2.45) is 0 Å². The Morgan fingerprint density at radius 3 is 2.89 bits per heavy atom. The molecule has 0 aliphatic carbocycles. The molecular formula is C11H21NO5S. The van der Waals surface area contributed by atoms with Gasteiger partial charge in [0.05, 0.1) is 30.6 Å². The number of nitrogens with one attached hydrogen (secondary N) is 1. The lowest BCUT2D eigenvalue weighted by molar-refractivity contribution is -0.145. The number of aliphatic hydroxyl groups excluding tert-OH is 1. The number of carbonyl (C=O) groups excluding carboxylic acids is 1. The largest absolute Gasteiger partial charge is 0.466 e. The van der Waals surface area contributed by atoms with Crippen LogP contribution in [-0.2, 0) is 19.4 Å². The Hall–Kier alpha value is -0.660. The van der Waals surface area contributed by atoms with Crippen molar-refractivity contribution < 1.29 is 23.1 Å². The van der Waals surface area contributed by atoms with Gasteiger partial charge in [0.2, 0.25) is 0 Å². The van der Waals surface area contributed by atoms with E-state index in [4.69, 9.17) is 4.74 Å². The molecule has 1 heterocycles. The fraction of sp³-hybridized carbons (Fsp3) is 0.909. The number of sulfone groups is 1. The SMILES string of the molecule is CCOC(=O)CC(O)CNC1CCCS(=O)(=O)C1. The van der Waals surface area contributed by atoms with Gasteiger partial charge >= 0.3 is 5.97 Å². The number of ether oxygens (including phenoxy) is 1. The molecule has 6 nitrogen and oxygen atoms in total. The summed E-state index contributed by atoms with van der Waals surface area (Å²) in [5.41, 5.74) is 0. The minimum absolute atomic E-state index is 0.0691. The highest BCUT2D eigenvalue weighted by atomic mass is 32.2. The van der Waals surface area contributed by atoms with Crippen LogP contribution in [0, 0.1) is 0 Å². The van der Waals surface area contributed by atoms with E-state index < -0.39 is 21.9 Å². The topological polar surface area (TPSA) is 92.7 Å². The predicted octanol–water partition coefficient (Wildman–Crippen LogP) is -0.533. The molecule has 0 aromatic rings. The van der Waals surface area contributed by atoms with Crippen LogP contribution in [0.1, 0.15) is 26.2 Å². The van der Waals surface area contributed by atoms with Gasteiger partial charge in [-0.15, -0.1) is 0 Å². The summed E-state index contributed by atoms with van der Waals surface area (Å²) in [5.74, 6) is -0.0848. The second-order valence-corrected chi connectivity index (χ2v) is 6.75. The molecule has 0 spiro atoms. The van der Waals surface area contributed by atoms with Gasteiger partial charge in [-0.2, -0.15) is 0 Å². The van der Waals surface area contributed by atoms with Gasteiger partial charge in [0.15, 0.2) is 9.84 Å². The Morgan fingerprint density at radius 2 is 2.28 bits per heavy atom. The van der Waals surface area contributed by atoms with Crippen molar-refractivity contribution in [1.29, 1.82) is 0 Å². The summed E-state index contributed by atoms with van der Waals surface area (Å²) >= 11 is 0. The molecule has 0 radical (unpaired) electrons. The molecule has 1 aliphatic rings. The smallest absolute Gasteiger partial charge is 0.308 e. The number of esters is 1. The highest BCUT2D eigenvalue weighted by Gasteiger charge is 2.25. The number of rotatable bonds is 6. The van der Waals surface area contributed by atoms with Crippen molar-refractivity contribution >= 4 is 15.8 Å². The molecular weight excluding hydrogens is 258 g/mol. The minimum atomic E-state index is -2.95. The molecule has 1 fully saturated rings. The molecule has 0 amide bonds. The van der Waals surface area contributed by atoms with Crippen molar-refractivity contribution in [3.05, 3.63) is 0 Å². The van der Waals surface area contributed by atoms with Gasteiger partial charge in [-0.3, -0.25) is 4.79 Å². The van der Waals surface area contributed by atoms with Crippen LogP contribution >= 0.6 is 0 Å². The van der Waals surface area contributed by atoms with E-state index >= 15 is 0 Å². The van der Waals surface area contributed by atoms with E-state index in [1.807, 2.05) is 0 Å². The van der Waals surface area contributed by atoms with E-state index in [-0.39, 0.29) is 30.5 Å². The van der Waals surface area contributed by atoms with E-state index in [0.29, 0.717) is 13.0 Å². The molecule has 0 aromatic carbocycles. The fourth-order valence-corrected chi connectivity index (χ4v) is 3.64. The van der Waals surface area contributed by atoms with Gasteiger partial charge in [-0.25, -0.2) is 8.42 Å². The lowest BCUT2D eigenvalue weighted by Gasteiger charge is -2.24. The van der Waals surface area contributed by atoms with Crippen LogP contribution in [-0.4, -0.2) is 56.3 Å². The van der Waals surface area contributed by atoms with Crippen LogP contribution in [0.15, 0.2) is 0 Å². The van der Waals surface area contributed by atoms with Crippen LogP contribution < -0.4 is 5.32 Å². The first-order chi connectivity index (χ1) is 8.43. The summed E-state index contributed by atoms with van der Waals surface area (Å²) in [4.78, 5) is 11.1. The van der Waals surface area contributed by atoms with E-state index in [0.717, 1.165) is 6.42 Å². The van der Waals surface area contributed by atoms with Crippen molar-refractivity contribution in [3.8, 4) is 0 Å². The van der Waals surface area contributed by atoms with Gasteiger partial charge in [-0.05, 0) is 19.8 Å². The van der Waals surface area contributed by atoms with Crippen LogP contribution in [0.5, 0.6) is 0 Å². The highest BCUT2D eigenvalue weighted by molar-refractivity contribution is 7.91. The van der Waals surface area contributed by atoms with Crippen LogP contribution in [0.2, 0.25) is 0 Å². The van der Waals surface area contributed by atoms with Crippen LogP contribution in [0.4, 0.5) is 0 Å². The van der Waals surface area contributed by atoms with Crippen LogP contribution in [0.3, 0.4) is 0 Å². The molecule has 0 bridgehead atoms. The molecule has 0 aromatic heterocycles. The Morgan fingerprint density at radius 1 is 1.56 bits per heavy atom. The fourth-order valence-electron chi connectivity index (χ4n) is 1.97. The highest BCUT2D eigenvalue weighted by Crippen LogP contribution is 2.12. The normalized spacial score (nSPS) is 24.4. The maximum absolute atomic E-state index is 11.4. The van der Waals surface area contributed by atoms with E-state index in [2.05, 4.69) is 5.32 Å². The average molecular weight is 279 g/mol. The quantitative estimate of drug-likeness (QED) is 0.635. The number of aliphatic hydroxyl groups is 1. The zero-order valence-corrected chi connectivity index (χ0v) is 11.4. The van der Waals surface area contributed by atoms with Crippen molar-refractivity contribution in [1.82, 2.24) is 5.32 Å². The maximum Gasteiger partial charge on any atom is 0.308 e. The van der Waals surface area contributed by atoms with Crippen LogP contribution in [0.25, 0.3) is 0 Å². The van der Waals surface area contributed by atoms with Gasteiger partial charge in [-0.1, -0.05) is 0 Å². The molecule has 7 heteroatoms. The Labute approximate surface area is 108 Å². The van der Waals surface area contributed by atoms with E-state index in [1.165, 1.54) is 0 Å². The first-order valence-corrected chi connectivity index (χ1v) is 8.02. The van der Waals surface area contributed by atoms with Crippen molar-refractivity contribution in [2.75, 3.05) is 24.7 Å². The molecule has 18 heavy (non-hydrogen) atoms. The third-order valence-corrected chi connectivity index (χ3v) is 4.63. The minimum Gasteiger partial charge on any atom is -0.466 e. The lowest BCUT2D eigenvalue weighted by Crippen LogP contribution is -2.43. The molecule has 1 rings (SSSR count). The van der Waals surface area contributed by atoms with E-state index in [1.54, 1.807) is 6.92 Å². The Bertz CT molecular complexity index is 368. The van der Waals surface area contributed by atoms with Gasteiger partial charge in [0, 0.05) is 12.6 Å². The second-order valence-electron chi connectivity index (χ2n) is 4.52. The van der Waals surface area contributed by atoms with Crippen molar-refractivity contribution in [2.45, 2.75) is 38.3 Å². The second kappa shape index (κ2) is 7.06. The van der Waals surface area contributed by atoms with Gasteiger partial charge in [0.25, 0.3) is 0 Å². The standard InChI is InChI=1S/C11H21NO5S/c1-2-17-11(14)6-10(13)7-12-9-4-3-5-18(15,16)8-9/h9-10,12-13H,2-8H2,1H3. The molecule has 0 saturated carbocycles. The first-order valence-electron chi connectivity index (χ1n) is 6.20. The first kappa shape index (κ1) is 15.4. The zero-order chi connectivity index (χ0) is 13.6. The van der Waals surface area contributed by atoms with Crippen molar-refractivity contribution in [3.63, 3.8) is 0 Å². The number of hydrogen-bond donors (Lipinski definition) is 2. The summed E-state index contributed by atoms with van der Waals surface area (Å²) in [5, 5.41) is 12.6. The average Bonchev–Trinajstić information content (AvgIpc) is 2.25. The molecule has 106 valence electrons. The summed E-state index contributed by atoms with van der Waals surface area (Å²) in [7, 11) is -2.95. The molecule has 1 saturated heterocycles. The maximum atomic E-state index is 11.4. The molecule has 2 atom stereocenters. The number of carbonyl (C=O) groups is 1. The third-order valence-electron chi connectivity index (χ3n) is 2.81. The lowest BCUT2D eigenvalue weighted by atomic mass is 10.1. The number of hydrogen-bond acceptors (Lipinski definition) is 6. The van der Waals surface area contributed by atoms with Gasteiger partial charge < -0.3 is 15.2 Å². The monoisotopic (exact) mass is 279 g/mol. The molecule has 1 aliphatic heterocycles. The molecule has 2 unspecified atom stereocenters. The summed E-state index contributed by atoms with van der Waals surface area (Å²) in [6, 6.07) is -0.124. The Kier molecular flexibility index (Phi) is 6.04. The van der Waals surface area contributed by atoms with Gasteiger partial charge in [0.1, 0.15) is 0 Å². The van der Waals surface area contributed by atoms with E-state index in [9.17, 15) is 18.3 Å². The predicted molar refractivity (Wildman–Crippen MR) is 66.9 cm³/mol. The zero-order valence-electron chi connectivity index (χ0n) is 10.6. The molecule has 2 N–H and O–H groups in total. The summed E-state index contributed by atoms with van der Waals surface area (Å²) in [6.07, 6.45) is 0.522. The summed E-state index contributed by atoms with van der Waals surface area (Å²) < 4.78 is 27.5. The Balaban J connectivity index is 2.25. The summed E-state index contributed by atoms with van der Waals surface area (Å²) in [6.45, 7) is 2.20. The third kappa shape index (κ3) is 5.79.